The van der Waals surface area contributed by atoms with Gasteiger partial charge in [0.25, 0.3) is 5.91 Å². The molecule has 0 aliphatic rings. The lowest BCUT2D eigenvalue weighted by molar-refractivity contribution is -0.120. The fourth-order valence-corrected chi connectivity index (χ4v) is 1.34. The van der Waals surface area contributed by atoms with Gasteiger partial charge in [0.2, 0.25) is 5.91 Å². The summed E-state index contributed by atoms with van der Waals surface area (Å²) in [5.74, 6) is -1.44. The molecule has 0 heterocycles. The molecule has 17 heavy (non-hydrogen) atoms. The molecule has 0 aliphatic heterocycles. The van der Waals surface area contributed by atoms with Gasteiger partial charge in [-0.25, -0.2) is 4.39 Å². The number of rotatable bonds is 4. The molecule has 4 nitrogen and oxygen atoms in total. The molecule has 0 aromatic heterocycles. The normalized spacial score (nSPS) is 9.82. The van der Waals surface area contributed by atoms with Crippen LogP contribution < -0.4 is 10.6 Å². The maximum atomic E-state index is 13.6. The average Bonchev–Trinajstić information content (AvgIpc) is 2.30. The van der Waals surface area contributed by atoms with Crippen molar-refractivity contribution in [3.8, 4) is 0 Å². The molecule has 0 atom stereocenters. The highest BCUT2D eigenvalue weighted by Gasteiger charge is 2.13. The van der Waals surface area contributed by atoms with Crippen LogP contribution in [0.4, 0.5) is 4.39 Å². The molecule has 2 amide bonds. The van der Waals surface area contributed by atoms with Gasteiger partial charge in [-0.1, -0.05) is 12.1 Å². The minimum Gasteiger partial charge on any atom is -0.355 e. The van der Waals surface area contributed by atoms with Crippen LogP contribution in [-0.2, 0) is 4.79 Å². The molecule has 92 valence electrons. The number of benzene rings is 1. The molecule has 0 saturated heterocycles. The summed E-state index contributed by atoms with van der Waals surface area (Å²) < 4.78 is 13.6. The minimum atomic E-state index is -0.586. The highest BCUT2D eigenvalue weighted by molar-refractivity contribution is 5.96. The van der Waals surface area contributed by atoms with Crippen molar-refractivity contribution in [1.82, 2.24) is 10.6 Å². The standard InChI is InChI=1S/C12H15FN2O2/c1-3-14-10(16)7-15-12(17)9-6-4-5-8(2)11(9)13/h4-6H,3,7H2,1-2H3,(H,14,16)(H,15,17). The Morgan fingerprint density at radius 2 is 2.00 bits per heavy atom. The van der Waals surface area contributed by atoms with Crippen molar-refractivity contribution in [2.45, 2.75) is 13.8 Å². The number of halogens is 1. The van der Waals surface area contributed by atoms with Crippen molar-refractivity contribution >= 4 is 11.8 Å². The Bertz CT molecular complexity index is 433. The van der Waals surface area contributed by atoms with E-state index in [0.29, 0.717) is 12.1 Å². The average molecular weight is 238 g/mol. The number of hydrogen-bond donors (Lipinski definition) is 2. The zero-order chi connectivity index (χ0) is 12.8. The van der Waals surface area contributed by atoms with E-state index in [0.717, 1.165) is 0 Å². The quantitative estimate of drug-likeness (QED) is 0.822. The smallest absolute Gasteiger partial charge is 0.254 e. The SMILES string of the molecule is CCNC(=O)CNC(=O)c1cccc(C)c1F. The molecule has 0 radical (unpaired) electrons. The molecule has 0 fully saturated rings. The van der Waals surface area contributed by atoms with Crippen molar-refractivity contribution in [3.63, 3.8) is 0 Å². The minimum absolute atomic E-state index is 0.0469. The fraction of sp³-hybridized carbons (Fsp3) is 0.333. The van der Waals surface area contributed by atoms with Gasteiger partial charge in [0.15, 0.2) is 0 Å². The largest absolute Gasteiger partial charge is 0.355 e. The zero-order valence-corrected chi connectivity index (χ0v) is 9.84. The van der Waals surface area contributed by atoms with E-state index in [-0.39, 0.29) is 18.0 Å². The van der Waals surface area contributed by atoms with Crippen molar-refractivity contribution in [1.29, 1.82) is 0 Å². The lowest BCUT2D eigenvalue weighted by Crippen LogP contribution is -2.37. The Morgan fingerprint density at radius 1 is 1.29 bits per heavy atom. The van der Waals surface area contributed by atoms with Gasteiger partial charge in [-0.15, -0.1) is 0 Å². The predicted octanol–water partition coefficient (Wildman–Crippen LogP) is 1.00. The number of carbonyl (C=O) groups excluding carboxylic acids is 2. The van der Waals surface area contributed by atoms with E-state index in [9.17, 15) is 14.0 Å². The van der Waals surface area contributed by atoms with Crippen molar-refractivity contribution < 1.29 is 14.0 Å². The molecule has 0 saturated carbocycles. The molecule has 5 heteroatoms. The first kappa shape index (κ1) is 13.2. The third-order valence-electron chi connectivity index (χ3n) is 2.22. The number of likely N-dealkylation sites (N-methyl/N-ethyl adjacent to an activating group) is 1. The van der Waals surface area contributed by atoms with Crippen LogP contribution in [0.15, 0.2) is 18.2 Å². The summed E-state index contributed by atoms with van der Waals surface area (Å²) in [4.78, 5) is 22.7. The number of hydrogen-bond acceptors (Lipinski definition) is 2. The third kappa shape index (κ3) is 3.55. The van der Waals surface area contributed by atoms with Crippen LogP contribution >= 0.6 is 0 Å². The van der Waals surface area contributed by atoms with Crippen LogP contribution in [0.3, 0.4) is 0 Å². The second-order valence-electron chi connectivity index (χ2n) is 3.57. The van der Waals surface area contributed by atoms with Crippen molar-refractivity contribution in [3.05, 3.63) is 35.1 Å². The van der Waals surface area contributed by atoms with Gasteiger partial charge >= 0.3 is 0 Å². The maximum absolute atomic E-state index is 13.6. The first-order chi connectivity index (χ1) is 8.06. The molecular formula is C12H15FN2O2. The number of aryl methyl sites for hydroxylation is 1. The van der Waals surface area contributed by atoms with Gasteiger partial charge in [0.05, 0.1) is 12.1 Å². The Balaban J connectivity index is 2.64. The van der Waals surface area contributed by atoms with Gasteiger partial charge in [0.1, 0.15) is 5.82 Å². The molecule has 0 bridgehead atoms. The van der Waals surface area contributed by atoms with Gasteiger partial charge in [-0.2, -0.15) is 0 Å². The second-order valence-corrected chi connectivity index (χ2v) is 3.57. The summed E-state index contributed by atoms with van der Waals surface area (Å²) in [6.45, 7) is 3.70. The summed E-state index contributed by atoms with van der Waals surface area (Å²) in [6.07, 6.45) is 0. The predicted molar refractivity (Wildman–Crippen MR) is 62.2 cm³/mol. The van der Waals surface area contributed by atoms with Gasteiger partial charge in [0, 0.05) is 6.54 Å². The Labute approximate surface area is 99.2 Å². The van der Waals surface area contributed by atoms with Crippen molar-refractivity contribution in [2.75, 3.05) is 13.1 Å². The molecule has 1 aromatic rings. The topological polar surface area (TPSA) is 58.2 Å². The van der Waals surface area contributed by atoms with Crippen molar-refractivity contribution in [2.24, 2.45) is 0 Å². The van der Waals surface area contributed by atoms with Crippen LogP contribution in [0, 0.1) is 12.7 Å². The Hall–Kier alpha value is -1.91. The van der Waals surface area contributed by atoms with E-state index in [1.54, 1.807) is 26.0 Å². The summed E-state index contributed by atoms with van der Waals surface area (Å²) in [6, 6.07) is 4.56. The van der Waals surface area contributed by atoms with E-state index in [1.165, 1.54) is 6.07 Å². The lowest BCUT2D eigenvalue weighted by atomic mass is 10.1. The summed E-state index contributed by atoms with van der Waals surface area (Å²) in [7, 11) is 0. The number of carbonyl (C=O) groups is 2. The Morgan fingerprint density at radius 3 is 2.65 bits per heavy atom. The fourth-order valence-electron chi connectivity index (χ4n) is 1.34. The first-order valence-electron chi connectivity index (χ1n) is 5.36. The van der Waals surface area contributed by atoms with E-state index in [1.807, 2.05) is 0 Å². The number of nitrogens with one attached hydrogen (secondary N) is 2. The van der Waals surface area contributed by atoms with E-state index in [2.05, 4.69) is 10.6 Å². The molecule has 0 aliphatic carbocycles. The van der Waals surface area contributed by atoms with E-state index in [4.69, 9.17) is 0 Å². The highest BCUT2D eigenvalue weighted by Crippen LogP contribution is 2.11. The monoisotopic (exact) mass is 238 g/mol. The summed E-state index contributed by atoms with van der Waals surface area (Å²) in [5, 5.41) is 4.89. The lowest BCUT2D eigenvalue weighted by Gasteiger charge is -2.07. The number of amides is 2. The van der Waals surface area contributed by atoms with E-state index >= 15 is 0 Å². The summed E-state index contributed by atoms with van der Waals surface area (Å²) in [5.41, 5.74) is 0.352. The molecule has 0 unspecified atom stereocenters. The zero-order valence-electron chi connectivity index (χ0n) is 9.84. The third-order valence-corrected chi connectivity index (χ3v) is 2.22. The molecule has 1 rings (SSSR count). The van der Waals surface area contributed by atoms with Crippen LogP contribution in [-0.4, -0.2) is 24.9 Å². The van der Waals surface area contributed by atoms with Crippen LogP contribution in [0.2, 0.25) is 0 Å². The van der Waals surface area contributed by atoms with Gasteiger partial charge in [-0.05, 0) is 25.5 Å². The molecule has 0 spiro atoms. The van der Waals surface area contributed by atoms with E-state index < -0.39 is 11.7 Å². The molecular weight excluding hydrogens is 223 g/mol. The van der Waals surface area contributed by atoms with Crippen LogP contribution in [0.1, 0.15) is 22.8 Å². The van der Waals surface area contributed by atoms with Gasteiger partial charge < -0.3 is 10.6 Å². The summed E-state index contributed by atoms with van der Waals surface area (Å²) >= 11 is 0. The highest BCUT2D eigenvalue weighted by atomic mass is 19.1. The second kappa shape index (κ2) is 5.98. The Kier molecular flexibility index (Phi) is 4.63. The maximum Gasteiger partial charge on any atom is 0.254 e. The molecule has 2 N–H and O–H groups in total. The van der Waals surface area contributed by atoms with Crippen LogP contribution in [0.5, 0.6) is 0 Å². The van der Waals surface area contributed by atoms with Crippen LogP contribution in [0.25, 0.3) is 0 Å². The van der Waals surface area contributed by atoms with Gasteiger partial charge in [-0.3, -0.25) is 9.59 Å². The molecule has 1 aromatic carbocycles. The first-order valence-corrected chi connectivity index (χ1v) is 5.36.